The largest absolute Gasteiger partial charge is 0.478 e. The van der Waals surface area contributed by atoms with Crippen molar-refractivity contribution >= 4 is 5.97 Å². The van der Waals surface area contributed by atoms with Gasteiger partial charge in [0, 0.05) is 19.2 Å². The minimum atomic E-state index is -0.899. The normalized spacial score (nSPS) is 11.3. The number of benzene rings is 1. The molecule has 0 amide bonds. The number of aliphatic carboxylic acids is 1. The van der Waals surface area contributed by atoms with E-state index in [2.05, 4.69) is 36.9 Å². The molecule has 1 rings (SSSR count). The highest BCUT2D eigenvalue weighted by atomic mass is 16.4. The van der Waals surface area contributed by atoms with Crippen LogP contribution < -0.4 is 0 Å². The molecule has 0 fully saturated rings. The second kappa shape index (κ2) is 6.21. The van der Waals surface area contributed by atoms with Crippen molar-refractivity contribution in [3.63, 3.8) is 0 Å². The quantitative estimate of drug-likeness (QED) is 0.794. The fourth-order valence-corrected chi connectivity index (χ4v) is 1.61. The molecule has 0 saturated carbocycles. The first-order valence-corrected chi connectivity index (χ1v) is 5.63. The molecule has 17 heavy (non-hydrogen) atoms. The average Bonchev–Trinajstić information content (AvgIpc) is 2.23. The molecule has 3 heteroatoms. The molecule has 92 valence electrons. The lowest BCUT2D eigenvalue weighted by Gasteiger charge is -2.15. The average molecular weight is 233 g/mol. The Labute approximate surface area is 102 Å². The minimum absolute atomic E-state index is 0.638. The molecule has 0 bridgehead atoms. The lowest BCUT2D eigenvalue weighted by atomic mass is 10.1. The van der Waals surface area contributed by atoms with Crippen LogP contribution in [0.25, 0.3) is 0 Å². The van der Waals surface area contributed by atoms with E-state index in [0.717, 1.165) is 6.54 Å². The zero-order valence-corrected chi connectivity index (χ0v) is 10.6. The molecule has 0 heterocycles. The van der Waals surface area contributed by atoms with Crippen molar-refractivity contribution in [2.75, 3.05) is 13.6 Å². The van der Waals surface area contributed by atoms with Crippen LogP contribution in [0.3, 0.4) is 0 Å². The SMILES string of the molecule is Cc1ccc(CN(C)C/C=C/C(=O)O)cc1C. The van der Waals surface area contributed by atoms with E-state index < -0.39 is 5.97 Å². The van der Waals surface area contributed by atoms with Gasteiger partial charge in [-0.25, -0.2) is 4.79 Å². The number of nitrogens with zero attached hydrogens (tertiary/aromatic N) is 1. The fraction of sp³-hybridized carbons (Fsp3) is 0.357. The molecule has 0 aliphatic rings. The number of aryl methyl sites for hydroxylation is 2. The maximum atomic E-state index is 10.3. The third-order valence-corrected chi connectivity index (χ3v) is 2.70. The van der Waals surface area contributed by atoms with Gasteiger partial charge in [-0.1, -0.05) is 24.3 Å². The summed E-state index contributed by atoms with van der Waals surface area (Å²) in [5.74, 6) is -0.899. The standard InChI is InChI=1S/C14H19NO2/c1-11-6-7-13(9-12(11)2)10-15(3)8-4-5-14(16)17/h4-7,9H,8,10H2,1-3H3,(H,16,17)/b5-4+. The molecule has 0 aliphatic carbocycles. The van der Waals surface area contributed by atoms with Crippen molar-refractivity contribution in [1.29, 1.82) is 0 Å². The van der Waals surface area contributed by atoms with Crippen LogP contribution in [0, 0.1) is 13.8 Å². The molecule has 0 radical (unpaired) electrons. The van der Waals surface area contributed by atoms with Crippen LogP contribution in [-0.2, 0) is 11.3 Å². The van der Waals surface area contributed by atoms with E-state index in [9.17, 15) is 4.79 Å². The molecular weight excluding hydrogens is 214 g/mol. The van der Waals surface area contributed by atoms with Gasteiger partial charge in [0.15, 0.2) is 0 Å². The number of hydrogen-bond acceptors (Lipinski definition) is 2. The molecule has 0 aliphatic heterocycles. The second-order valence-corrected chi connectivity index (χ2v) is 4.36. The molecule has 0 unspecified atom stereocenters. The second-order valence-electron chi connectivity index (χ2n) is 4.36. The number of hydrogen-bond donors (Lipinski definition) is 1. The summed E-state index contributed by atoms with van der Waals surface area (Å²) in [5.41, 5.74) is 3.83. The monoisotopic (exact) mass is 233 g/mol. The smallest absolute Gasteiger partial charge is 0.328 e. The maximum Gasteiger partial charge on any atom is 0.328 e. The van der Waals surface area contributed by atoms with E-state index in [1.165, 1.54) is 22.8 Å². The highest BCUT2D eigenvalue weighted by Gasteiger charge is 2.00. The molecule has 0 aromatic heterocycles. The molecule has 1 aromatic rings. The van der Waals surface area contributed by atoms with E-state index in [0.29, 0.717) is 6.54 Å². The summed E-state index contributed by atoms with van der Waals surface area (Å²) in [5, 5.41) is 8.48. The predicted octanol–water partition coefficient (Wildman–Crippen LogP) is 2.38. The molecule has 0 saturated heterocycles. The first-order valence-electron chi connectivity index (χ1n) is 5.63. The van der Waals surface area contributed by atoms with E-state index in [1.807, 2.05) is 7.05 Å². The van der Waals surface area contributed by atoms with Gasteiger partial charge >= 0.3 is 5.97 Å². The Hall–Kier alpha value is -1.61. The van der Waals surface area contributed by atoms with Gasteiger partial charge in [-0.3, -0.25) is 4.90 Å². The molecule has 3 nitrogen and oxygen atoms in total. The fourth-order valence-electron chi connectivity index (χ4n) is 1.61. The molecule has 1 aromatic carbocycles. The summed E-state index contributed by atoms with van der Waals surface area (Å²) in [4.78, 5) is 12.4. The maximum absolute atomic E-state index is 10.3. The Balaban J connectivity index is 2.53. The van der Waals surface area contributed by atoms with Gasteiger partial charge < -0.3 is 5.11 Å². The summed E-state index contributed by atoms with van der Waals surface area (Å²) in [6.45, 7) is 5.66. The van der Waals surface area contributed by atoms with Gasteiger partial charge in [0.05, 0.1) is 0 Å². The van der Waals surface area contributed by atoms with Crippen LogP contribution in [0.1, 0.15) is 16.7 Å². The van der Waals surface area contributed by atoms with Crippen molar-refractivity contribution in [2.45, 2.75) is 20.4 Å². The van der Waals surface area contributed by atoms with Gasteiger partial charge in [0.2, 0.25) is 0 Å². The summed E-state index contributed by atoms with van der Waals surface area (Å²) in [6, 6.07) is 6.40. The van der Waals surface area contributed by atoms with Crippen LogP contribution in [-0.4, -0.2) is 29.6 Å². The lowest BCUT2D eigenvalue weighted by Crippen LogP contribution is -2.17. The van der Waals surface area contributed by atoms with Gasteiger partial charge in [-0.15, -0.1) is 0 Å². The highest BCUT2D eigenvalue weighted by Crippen LogP contribution is 2.11. The Morgan fingerprint density at radius 3 is 2.65 bits per heavy atom. The van der Waals surface area contributed by atoms with Gasteiger partial charge in [-0.05, 0) is 37.6 Å². The van der Waals surface area contributed by atoms with E-state index in [-0.39, 0.29) is 0 Å². The molecular formula is C14H19NO2. The summed E-state index contributed by atoms with van der Waals surface area (Å²) in [7, 11) is 1.97. The number of carboxylic acids is 1. The highest BCUT2D eigenvalue weighted by molar-refractivity contribution is 5.79. The molecule has 0 atom stereocenters. The van der Waals surface area contributed by atoms with Crippen LogP contribution in [0.5, 0.6) is 0 Å². The predicted molar refractivity (Wildman–Crippen MR) is 69.0 cm³/mol. The minimum Gasteiger partial charge on any atom is -0.478 e. The van der Waals surface area contributed by atoms with E-state index >= 15 is 0 Å². The van der Waals surface area contributed by atoms with Crippen LogP contribution >= 0.6 is 0 Å². The van der Waals surface area contributed by atoms with Crippen molar-refractivity contribution in [1.82, 2.24) is 4.90 Å². The summed E-state index contributed by atoms with van der Waals surface area (Å²) < 4.78 is 0. The zero-order chi connectivity index (χ0) is 12.8. The van der Waals surface area contributed by atoms with Crippen molar-refractivity contribution in [3.05, 3.63) is 47.0 Å². The number of rotatable bonds is 5. The van der Waals surface area contributed by atoms with Crippen molar-refractivity contribution < 1.29 is 9.90 Å². The Morgan fingerprint density at radius 1 is 1.35 bits per heavy atom. The third-order valence-electron chi connectivity index (χ3n) is 2.70. The summed E-state index contributed by atoms with van der Waals surface area (Å²) in [6.07, 6.45) is 2.83. The molecule has 1 N–H and O–H groups in total. The number of carboxylic acid groups (broad SMARTS) is 1. The molecule has 0 spiro atoms. The van der Waals surface area contributed by atoms with Gasteiger partial charge in [-0.2, -0.15) is 0 Å². The topological polar surface area (TPSA) is 40.5 Å². The number of carbonyl (C=O) groups is 1. The Bertz CT molecular complexity index is 424. The Morgan fingerprint density at radius 2 is 2.06 bits per heavy atom. The Kier molecular flexibility index (Phi) is 4.91. The third kappa shape index (κ3) is 4.83. The van der Waals surface area contributed by atoms with Crippen LogP contribution in [0.2, 0.25) is 0 Å². The van der Waals surface area contributed by atoms with Gasteiger partial charge in [0.25, 0.3) is 0 Å². The lowest BCUT2D eigenvalue weighted by molar-refractivity contribution is -0.131. The van der Waals surface area contributed by atoms with Crippen LogP contribution in [0.15, 0.2) is 30.4 Å². The van der Waals surface area contributed by atoms with Crippen LogP contribution in [0.4, 0.5) is 0 Å². The van der Waals surface area contributed by atoms with Crippen molar-refractivity contribution in [2.24, 2.45) is 0 Å². The summed E-state index contributed by atoms with van der Waals surface area (Å²) >= 11 is 0. The van der Waals surface area contributed by atoms with Gasteiger partial charge in [0.1, 0.15) is 0 Å². The first-order chi connectivity index (χ1) is 7.99. The zero-order valence-electron chi connectivity index (χ0n) is 10.6. The first kappa shape index (κ1) is 13.5. The number of likely N-dealkylation sites (N-methyl/N-ethyl adjacent to an activating group) is 1. The van der Waals surface area contributed by atoms with E-state index in [1.54, 1.807) is 6.08 Å². The van der Waals surface area contributed by atoms with Crippen molar-refractivity contribution in [3.8, 4) is 0 Å². The van der Waals surface area contributed by atoms with E-state index in [4.69, 9.17) is 5.11 Å².